The van der Waals surface area contributed by atoms with Crippen LogP contribution in [-0.4, -0.2) is 40.6 Å². The van der Waals surface area contributed by atoms with Gasteiger partial charge in [-0.25, -0.2) is 4.98 Å². The third-order valence-corrected chi connectivity index (χ3v) is 7.61. The first-order valence-electron chi connectivity index (χ1n) is 13.4. The Hall–Kier alpha value is -4.79. The number of nitrogens with zero attached hydrogens (tertiary/aromatic N) is 5. The Balaban J connectivity index is 1.22. The first-order valence-corrected chi connectivity index (χ1v) is 13.4. The molecule has 1 aliphatic carbocycles. The molecule has 5 heterocycles. The van der Waals surface area contributed by atoms with Crippen LogP contribution in [0.2, 0.25) is 0 Å². The number of amides is 1. The van der Waals surface area contributed by atoms with Crippen molar-refractivity contribution in [1.82, 2.24) is 34.7 Å². The van der Waals surface area contributed by atoms with Gasteiger partial charge in [-0.05, 0) is 50.1 Å². The predicted molar refractivity (Wildman–Crippen MR) is 151 cm³/mol. The van der Waals surface area contributed by atoms with Crippen molar-refractivity contribution in [3.8, 4) is 28.3 Å². The van der Waals surface area contributed by atoms with E-state index in [-0.39, 0.29) is 11.8 Å². The topological polar surface area (TPSA) is 117 Å². The Labute approximate surface area is 224 Å². The molecule has 5 aromatic heterocycles. The van der Waals surface area contributed by atoms with Crippen LogP contribution in [0.5, 0.6) is 0 Å². The smallest absolute Gasteiger partial charge is 0.227 e. The van der Waals surface area contributed by atoms with Crippen molar-refractivity contribution in [2.45, 2.75) is 39.0 Å². The van der Waals surface area contributed by atoms with E-state index in [2.05, 4.69) is 53.6 Å². The summed E-state index contributed by atoms with van der Waals surface area (Å²) in [5.74, 6) is 0.165. The summed E-state index contributed by atoms with van der Waals surface area (Å²) in [5, 5.41) is 12.8. The number of carbonyl (C=O) groups excluding carboxylic acids is 1. The summed E-state index contributed by atoms with van der Waals surface area (Å²) in [5.41, 5.74) is 7.88. The minimum atomic E-state index is 0.0817. The summed E-state index contributed by atoms with van der Waals surface area (Å²) in [6.45, 7) is 1.98. The zero-order chi connectivity index (χ0) is 26.3. The molecule has 9 nitrogen and oxygen atoms in total. The van der Waals surface area contributed by atoms with Crippen molar-refractivity contribution >= 4 is 33.4 Å². The lowest BCUT2D eigenvalue weighted by Crippen LogP contribution is -2.24. The van der Waals surface area contributed by atoms with Crippen LogP contribution >= 0.6 is 0 Å². The Morgan fingerprint density at radius 1 is 1.00 bits per heavy atom. The number of aromatic nitrogens is 7. The van der Waals surface area contributed by atoms with Gasteiger partial charge in [0.2, 0.25) is 5.91 Å². The van der Waals surface area contributed by atoms with E-state index in [1.54, 1.807) is 18.6 Å². The molecule has 194 valence electrons. The molecule has 1 fully saturated rings. The lowest BCUT2D eigenvalue weighted by molar-refractivity contribution is -0.120. The lowest BCUT2D eigenvalue weighted by Gasteiger charge is -2.20. The van der Waals surface area contributed by atoms with Crippen molar-refractivity contribution in [2.75, 3.05) is 5.32 Å². The second-order valence-corrected chi connectivity index (χ2v) is 10.3. The van der Waals surface area contributed by atoms with E-state index in [0.29, 0.717) is 5.69 Å². The number of aryl methyl sites for hydroxylation is 1. The van der Waals surface area contributed by atoms with Crippen LogP contribution in [-0.2, 0) is 4.79 Å². The number of fused-ring (bicyclic) bond motifs is 2. The molecule has 39 heavy (non-hydrogen) atoms. The van der Waals surface area contributed by atoms with Crippen LogP contribution < -0.4 is 5.32 Å². The molecule has 3 N–H and O–H groups in total. The molecule has 0 atom stereocenters. The maximum absolute atomic E-state index is 12.8. The summed E-state index contributed by atoms with van der Waals surface area (Å²) in [4.78, 5) is 29.7. The van der Waals surface area contributed by atoms with Crippen molar-refractivity contribution in [3.63, 3.8) is 0 Å². The molecule has 9 heteroatoms. The van der Waals surface area contributed by atoms with Crippen molar-refractivity contribution in [3.05, 3.63) is 73.2 Å². The summed E-state index contributed by atoms with van der Waals surface area (Å²) in [7, 11) is 0. The van der Waals surface area contributed by atoms with Crippen LogP contribution in [0.15, 0.2) is 67.5 Å². The van der Waals surface area contributed by atoms with Gasteiger partial charge in [-0.3, -0.25) is 19.9 Å². The molecular formula is C30H28N8O. The molecule has 6 aromatic rings. The maximum Gasteiger partial charge on any atom is 0.227 e. The van der Waals surface area contributed by atoms with E-state index < -0.39 is 0 Å². The fourth-order valence-electron chi connectivity index (χ4n) is 5.58. The van der Waals surface area contributed by atoms with E-state index in [1.165, 1.54) is 6.42 Å². The zero-order valence-electron chi connectivity index (χ0n) is 21.6. The Bertz CT molecular complexity index is 1820. The molecule has 0 bridgehead atoms. The number of H-pyrrole nitrogens is 2. The number of nitrogens with one attached hydrogen (secondary N) is 3. The standard InChI is InChI=1S/C30H28N8O/c1-18-16-38(17-33-18)28-9-5-8-24-22(28)11-26(35-24)29-23-12-25(32-15-27(23)36-37-29)20-10-21(14-31-13-20)34-30(39)19-6-3-2-4-7-19/h5,8-17,19,35H,2-4,6-7H2,1H3,(H,34,39)(H,36,37). The number of carbonyl (C=O) groups is 1. The van der Waals surface area contributed by atoms with Crippen LogP contribution in [0, 0.1) is 12.8 Å². The van der Waals surface area contributed by atoms with Gasteiger partial charge in [0.15, 0.2) is 0 Å². The number of anilines is 1. The number of hydrogen-bond acceptors (Lipinski definition) is 5. The largest absolute Gasteiger partial charge is 0.353 e. The van der Waals surface area contributed by atoms with E-state index in [4.69, 9.17) is 0 Å². The highest BCUT2D eigenvalue weighted by Crippen LogP contribution is 2.33. The molecule has 0 spiro atoms. The van der Waals surface area contributed by atoms with Crippen molar-refractivity contribution in [1.29, 1.82) is 0 Å². The molecule has 0 radical (unpaired) electrons. The maximum atomic E-state index is 12.8. The summed E-state index contributed by atoms with van der Waals surface area (Å²) in [6, 6.07) is 12.3. The van der Waals surface area contributed by atoms with Gasteiger partial charge in [-0.1, -0.05) is 25.3 Å². The number of benzene rings is 1. The van der Waals surface area contributed by atoms with Gasteiger partial charge >= 0.3 is 0 Å². The number of aromatic amines is 2. The first-order chi connectivity index (χ1) is 19.1. The Morgan fingerprint density at radius 3 is 2.74 bits per heavy atom. The average molecular weight is 517 g/mol. The minimum Gasteiger partial charge on any atom is -0.353 e. The molecular weight excluding hydrogens is 488 g/mol. The van der Waals surface area contributed by atoms with E-state index in [0.717, 1.165) is 81.5 Å². The quantitative estimate of drug-likeness (QED) is 0.253. The van der Waals surface area contributed by atoms with Crippen molar-refractivity contribution < 1.29 is 4.79 Å². The van der Waals surface area contributed by atoms with E-state index >= 15 is 0 Å². The van der Waals surface area contributed by atoms with Crippen LogP contribution in [0.25, 0.3) is 50.1 Å². The van der Waals surface area contributed by atoms with Crippen LogP contribution in [0.3, 0.4) is 0 Å². The summed E-state index contributed by atoms with van der Waals surface area (Å²) < 4.78 is 2.03. The molecule has 0 saturated heterocycles. The fraction of sp³-hybridized carbons (Fsp3) is 0.233. The van der Waals surface area contributed by atoms with Crippen molar-refractivity contribution in [2.24, 2.45) is 5.92 Å². The van der Waals surface area contributed by atoms with E-state index in [1.807, 2.05) is 42.2 Å². The van der Waals surface area contributed by atoms with Gasteiger partial charge in [0.05, 0.1) is 52.7 Å². The lowest BCUT2D eigenvalue weighted by atomic mass is 9.88. The molecule has 1 saturated carbocycles. The third kappa shape index (κ3) is 4.35. The molecule has 1 aliphatic rings. The number of pyridine rings is 2. The highest BCUT2D eigenvalue weighted by atomic mass is 16.1. The van der Waals surface area contributed by atoms with E-state index in [9.17, 15) is 4.79 Å². The first kappa shape index (κ1) is 23.3. The van der Waals surface area contributed by atoms with Gasteiger partial charge in [0.25, 0.3) is 0 Å². The molecule has 0 aliphatic heterocycles. The summed E-state index contributed by atoms with van der Waals surface area (Å²) >= 11 is 0. The molecule has 1 amide bonds. The normalized spacial score (nSPS) is 14.3. The molecule has 0 unspecified atom stereocenters. The molecule has 1 aromatic carbocycles. The Kier molecular flexibility index (Phi) is 5.69. The Morgan fingerprint density at radius 2 is 1.90 bits per heavy atom. The van der Waals surface area contributed by atoms with Gasteiger partial charge in [-0.2, -0.15) is 5.10 Å². The second-order valence-electron chi connectivity index (χ2n) is 10.3. The van der Waals surface area contributed by atoms with Crippen LogP contribution in [0.4, 0.5) is 5.69 Å². The minimum absolute atomic E-state index is 0.0817. The highest BCUT2D eigenvalue weighted by Gasteiger charge is 2.21. The summed E-state index contributed by atoms with van der Waals surface area (Å²) in [6.07, 6.45) is 14.5. The van der Waals surface area contributed by atoms with Gasteiger partial charge in [0.1, 0.15) is 5.69 Å². The number of imidazole rings is 1. The van der Waals surface area contributed by atoms with Gasteiger partial charge in [-0.15, -0.1) is 0 Å². The highest BCUT2D eigenvalue weighted by molar-refractivity contribution is 5.99. The monoisotopic (exact) mass is 516 g/mol. The third-order valence-electron chi connectivity index (χ3n) is 7.61. The zero-order valence-corrected chi connectivity index (χ0v) is 21.6. The predicted octanol–water partition coefficient (Wildman–Crippen LogP) is 6.18. The number of hydrogen-bond donors (Lipinski definition) is 3. The number of rotatable bonds is 5. The van der Waals surface area contributed by atoms with Gasteiger partial charge in [0, 0.05) is 40.2 Å². The fourth-order valence-corrected chi connectivity index (χ4v) is 5.58. The van der Waals surface area contributed by atoms with Gasteiger partial charge < -0.3 is 14.9 Å². The average Bonchev–Trinajstić information content (AvgIpc) is 3.71. The van der Waals surface area contributed by atoms with Crippen LogP contribution in [0.1, 0.15) is 37.8 Å². The second kappa shape index (κ2) is 9.50. The molecule has 7 rings (SSSR count). The SMILES string of the molecule is Cc1cn(-c2cccc3[nH]c(-c4n[nH]c5cnc(-c6cncc(NC(=O)C7CCCCC7)c6)cc45)cc23)cn1.